The van der Waals surface area contributed by atoms with Gasteiger partial charge in [-0.15, -0.1) is 0 Å². The van der Waals surface area contributed by atoms with Crippen LogP contribution in [0.2, 0.25) is 0 Å². The van der Waals surface area contributed by atoms with Crippen LogP contribution in [0.3, 0.4) is 0 Å². The third-order valence-electron chi connectivity index (χ3n) is 5.53. The molecule has 3 heterocycles. The van der Waals surface area contributed by atoms with Crippen LogP contribution in [0.1, 0.15) is 23.7 Å². The van der Waals surface area contributed by atoms with Gasteiger partial charge in [0.15, 0.2) is 0 Å². The molecular formula is C22H22N4O2. The maximum atomic E-state index is 13.4. The van der Waals surface area contributed by atoms with Crippen molar-refractivity contribution in [3.05, 3.63) is 72.3 Å². The zero-order chi connectivity index (χ0) is 18.9. The summed E-state index contributed by atoms with van der Waals surface area (Å²) in [4.78, 5) is 25.2. The maximum absolute atomic E-state index is 13.4. The van der Waals surface area contributed by atoms with Gasteiger partial charge in [0.2, 0.25) is 5.91 Å². The fourth-order valence-corrected chi connectivity index (χ4v) is 4.17. The van der Waals surface area contributed by atoms with E-state index in [9.17, 15) is 4.79 Å². The number of nitrogens with zero attached hydrogens (tertiary/aromatic N) is 3. The lowest BCUT2D eigenvalue weighted by Crippen LogP contribution is -2.47. The van der Waals surface area contributed by atoms with E-state index in [0.717, 1.165) is 41.6 Å². The number of anilines is 2. The second kappa shape index (κ2) is 7.03. The van der Waals surface area contributed by atoms with Crippen LogP contribution in [0.5, 0.6) is 5.75 Å². The topological polar surface area (TPSA) is 61.5 Å². The van der Waals surface area contributed by atoms with Crippen LogP contribution in [0.15, 0.2) is 60.9 Å². The molecule has 1 amide bonds. The van der Waals surface area contributed by atoms with E-state index < -0.39 is 0 Å². The highest BCUT2D eigenvalue weighted by molar-refractivity contribution is 5.99. The Kier molecular flexibility index (Phi) is 4.24. The predicted molar refractivity (Wildman–Crippen MR) is 108 cm³/mol. The van der Waals surface area contributed by atoms with Crippen LogP contribution >= 0.6 is 0 Å². The van der Waals surface area contributed by atoms with Crippen molar-refractivity contribution in [1.29, 1.82) is 0 Å². The van der Waals surface area contributed by atoms with Gasteiger partial charge in [-0.25, -0.2) is 4.98 Å². The summed E-state index contributed by atoms with van der Waals surface area (Å²) in [6.45, 7) is 3.08. The number of nitrogens with one attached hydrogen (secondary N) is 1. The Morgan fingerprint density at radius 2 is 2.00 bits per heavy atom. The Balaban J connectivity index is 1.46. The molecule has 2 aromatic carbocycles. The molecule has 0 bridgehead atoms. The molecule has 142 valence electrons. The van der Waals surface area contributed by atoms with Crippen molar-refractivity contribution in [3.8, 4) is 5.75 Å². The first-order valence-corrected chi connectivity index (χ1v) is 9.66. The number of imidazole rings is 1. The van der Waals surface area contributed by atoms with Crippen molar-refractivity contribution in [2.75, 3.05) is 36.0 Å². The normalized spacial score (nSPS) is 16.3. The lowest BCUT2D eigenvalue weighted by atomic mass is 9.94. The summed E-state index contributed by atoms with van der Waals surface area (Å²) in [5.74, 6) is 1.69. The molecule has 0 saturated heterocycles. The SMILES string of the molecule is O=C(CC(c1ccccc1)c1ncc[nH]1)N1CCN2CCOc3cccc1c32. The van der Waals surface area contributed by atoms with E-state index in [-0.39, 0.29) is 11.8 Å². The quantitative estimate of drug-likeness (QED) is 0.762. The van der Waals surface area contributed by atoms with Gasteiger partial charge in [-0.05, 0) is 17.7 Å². The Morgan fingerprint density at radius 1 is 1.11 bits per heavy atom. The van der Waals surface area contributed by atoms with Gasteiger partial charge < -0.3 is 19.5 Å². The van der Waals surface area contributed by atoms with Crippen molar-refractivity contribution >= 4 is 17.3 Å². The fraction of sp³-hybridized carbons (Fsp3) is 0.273. The average Bonchev–Trinajstić information content (AvgIpc) is 3.28. The largest absolute Gasteiger partial charge is 0.489 e. The molecule has 0 aliphatic carbocycles. The molecule has 3 aromatic rings. The molecule has 2 aliphatic heterocycles. The van der Waals surface area contributed by atoms with Gasteiger partial charge >= 0.3 is 0 Å². The van der Waals surface area contributed by atoms with Crippen molar-refractivity contribution in [1.82, 2.24) is 9.97 Å². The van der Waals surface area contributed by atoms with Crippen molar-refractivity contribution in [2.45, 2.75) is 12.3 Å². The van der Waals surface area contributed by atoms with E-state index in [0.29, 0.717) is 19.6 Å². The van der Waals surface area contributed by atoms with Gasteiger partial charge in [0.25, 0.3) is 0 Å². The molecule has 6 heteroatoms. The van der Waals surface area contributed by atoms with E-state index in [2.05, 4.69) is 27.0 Å². The number of hydrogen-bond acceptors (Lipinski definition) is 4. The molecule has 1 unspecified atom stereocenters. The van der Waals surface area contributed by atoms with Gasteiger partial charge in [-0.3, -0.25) is 4.79 Å². The Bertz CT molecular complexity index is 971. The number of carbonyl (C=O) groups excluding carboxylic acids is 1. The van der Waals surface area contributed by atoms with Gasteiger partial charge in [-0.1, -0.05) is 36.4 Å². The lowest BCUT2D eigenvalue weighted by Gasteiger charge is -2.41. The van der Waals surface area contributed by atoms with E-state index in [1.54, 1.807) is 12.4 Å². The Hall–Kier alpha value is -3.28. The number of amides is 1. The minimum absolute atomic E-state index is 0.0995. The Morgan fingerprint density at radius 3 is 2.82 bits per heavy atom. The zero-order valence-corrected chi connectivity index (χ0v) is 15.5. The summed E-state index contributed by atoms with van der Waals surface area (Å²) in [5.41, 5.74) is 3.07. The fourth-order valence-electron chi connectivity index (χ4n) is 4.17. The number of aromatic nitrogens is 2. The number of aromatic amines is 1. The standard InChI is InChI=1S/C22H22N4O2/c27-20(15-17(22-23-9-10-24-22)16-5-2-1-3-6-16)26-12-11-25-13-14-28-19-8-4-7-18(26)21(19)25/h1-10,17H,11-15H2,(H,23,24). The summed E-state index contributed by atoms with van der Waals surface area (Å²) >= 11 is 0. The summed E-state index contributed by atoms with van der Waals surface area (Å²) in [5, 5.41) is 0. The zero-order valence-electron chi connectivity index (χ0n) is 15.5. The van der Waals surface area contributed by atoms with Gasteiger partial charge in [0.1, 0.15) is 23.9 Å². The first kappa shape index (κ1) is 16.9. The van der Waals surface area contributed by atoms with Crippen LogP contribution in [0, 0.1) is 0 Å². The van der Waals surface area contributed by atoms with Crippen LogP contribution in [-0.4, -0.2) is 42.1 Å². The molecular weight excluding hydrogens is 352 g/mol. The van der Waals surface area contributed by atoms with E-state index >= 15 is 0 Å². The van der Waals surface area contributed by atoms with Gasteiger partial charge in [-0.2, -0.15) is 0 Å². The van der Waals surface area contributed by atoms with E-state index in [1.165, 1.54) is 0 Å². The van der Waals surface area contributed by atoms with Crippen LogP contribution in [0.4, 0.5) is 11.4 Å². The second-order valence-corrected chi connectivity index (χ2v) is 7.15. The lowest BCUT2D eigenvalue weighted by molar-refractivity contribution is -0.118. The Labute approximate surface area is 163 Å². The molecule has 6 nitrogen and oxygen atoms in total. The van der Waals surface area contributed by atoms with Crippen molar-refractivity contribution in [3.63, 3.8) is 0 Å². The van der Waals surface area contributed by atoms with Crippen LogP contribution in [0.25, 0.3) is 0 Å². The summed E-state index contributed by atoms with van der Waals surface area (Å²) in [6.07, 6.45) is 3.90. The number of H-pyrrole nitrogens is 1. The van der Waals surface area contributed by atoms with Gasteiger partial charge in [0, 0.05) is 31.9 Å². The highest BCUT2D eigenvalue weighted by Gasteiger charge is 2.33. The van der Waals surface area contributed by atoms with Gasteiger partial charge in [0.05, 0.1) is 18.2 Å². The molecule has 0 fully saturated rings. The number of carbonyl (C=O) groups is 1. The molecule has 5 rings (SSSR count). The third kappa shape index (κ3) is 2.91. The predicted octanol–water partition coefficient (Wildman–Crippen LogP) is 3.18. The maximum Gasteiger partial charge on any atom is 0.228 e. The second-order valence-electron chi connectivity index (χ2n) is 7.15. The third-order valence-corrected chi connectivity index (χ3v) is 5.53. The molecule has 0 spiro atoms. The number of benzene rings is 2. The van der Waals surface area contributed by atoms with E-state index in [1.807, 2.05) is 41.3 Å². The molecule has 1 atom stereocenters. The molecule has 28 heavy (non-hydrogen) atoms. The molecule has 2 aliphatic rings. The highest BCUT2D eigenvalue weighted by atomic mass is 16.5. The smallest absolute Gasteiger partial charge is 0.228 e. The minimum atomic E-state index is -0.0995. The molecule has 1 aromatic heterocycles. The number of ether oxygens (including phenoxy) is 1. The first-order valence-electron chi connectivity index (χ1n) is 9.66. The van der Waals surface area contributed by atoms with Crippen LogP contribution in [-0.2, 0) is 4.79 Å². The summed E-state index contributed by atoms with van der Waals surface area (Å²) in [6, 6.07) is 16.0. The highest BCUT2D eigenvalue weighted by Crippen LogP contribution is 2.43. The summed E-state index contributed by atoms with van der Waals surface area (Å²) in [7, 11) is 0. The molecule has 0 radical (unpaired) electrons. The molecule has 0 saturated carbocycles. The van der Waals surface area contributed by atoms with Crippen LogP contribution < -0.4 is 14.5 Å². The monoisotopic (exact) mass is 374 g/mol. The number of para-hydroxylation sites is 1. The first-order chi connectivity index (χ1) is 13.8. The summed E-state index contributed by atoms with van der Waals surface area (Å²) < 4.78 is 5.81. The van der Waals surface area contributed by atoms with E-state index in [4.69, 9.17) is 4.74 Å². The molecule has 1 N–H and O–H groups in total. The van der Waals surface area contributed by atoms with Crippen molar-refractivity contribution in [2.24, 2.45) is 0 Å². The number of rotatable bonds is 4. The van der Waals surface area contributed by atoms with Crippen molar-refractivity contribution < 1.29 is 9.53 Å². The minimum Gasteiger partial charge on any atom is -0.489 e. The number of hydrogen-bond donors (Lipinski definition) is 1. The average molecular weight is 374 g/mol.